The number of rotatable bonds is 3. The summed E-state index contributed by atoms with van der Waals surface area (Å²) in [5.41, 5.74) is 0. The fraction of sp³-hybridized carbons (Fsp3) is 0.944. The van der Waals surface area contributed by atoms with Gasteiger partial charge in [0.2, 0.25) is 5.91 Å². The Morgan fingerprint density at radius 2 is 1.58 bits per heavy atom. The molecule has 0 spiro atoms. The number of nitrogens with one attached hydrogen (secondary N) is 1. The zero-order valence-electron chi connectivity index (χ0n) is 14.4. The van der Waals surface area contributed by atoms with Gasteiger partial charge in [-0.25, -0.2) is 0 Å². The molecule has 1 unspecified atom stereocenters. The van der Waals surface area contributed by atoms with Crippen LogP contribution in [0.15, 0.2) is 0 Å². The van der Waals surface area contributed by atoms with Crippen LogP contribution in [0, 0.1) is 17.8 Å². The van der Waals surface area contributed by atoms with Crippen molar-refractivity contribution in [1.29, 1.82) is 0 Å². The third kappa shape index (κ3) is 3.08. The monoisotopic (exact) mass is 375 g/mol. The molecule has 0 radical (unpaired) electrons. The summed E-state index contributed by atoms with van der Waals surface area (Å²) in [4.78, 5) is 17.5. The first kappa shape index (κ1) is 18.8. The van der Waals surface area contributed by atoms with Gasteiger partial charge in [0.15, 0.2) is 0 Å². The van der Waals surface area contributed by atoms with E-state index in [0.29, 0.717) is 11.9 Å². The number of fused-ring (bicyclic) bond motifs is 5. The number of carbonyl (C=O) groups excluding carboxylic acids is 1. The minimum Gasteiger partial charge on any atom is -0.342 e. The first-order chi connectivity index (χ1) is 10.8. The van der Waals surface area contributed by atoms with Crippen LogP contribution in [0.5, 0.6) is 0 Å². The van der Waals surface area contributed by atoms with E-state index in [0.717, 1.165) is 55.8 Å². The van der Waals surface area contributed by atoms with E-state index in [-0.39, 0.29) is 24.8 Å². The van der Waals surface area contributed by atoms with Crippen LogP contribution in [0.1, 0.15) is 44.9 Å². The lowest BCUT2D eigenvalue weighted by molar-refractivity contribution is -0.130. The zero-order chi connectivity index (χ0) is 14.7. The van der Waals surface area contributed by atoms with E-state index in [1.165, 1.54) is 45.2 Å². The van der Waals surface area contributed by atoms with Crippen molar-refractivity contribution in [1.82, 2.24) is 15.1 Å². The normalized spacial score (nSPS) is 41.6. The van der Waals surface area contributed by atoms with E-state index in [4.69, 9.17) is 0 Å². The quantitative estimate of drug-likeness (QED) is 0.821. The lowest BCUT2D eigenvalue weighted by Gasteiger charge is -2.33. The standard InChI is InChI=1S/C18H29N3O.2ClH/c22-18-6-3-13(7-8-20(18)11-12-1-2-12)21-16-4-5-17(21)15-10-19-9-14(15)16;;/h12-17,19H,1-11H2;2*1H/t13?,14-,15+,16-,17+;;. The summed E-state index contributed by atoms with van der Waals surface area (Å²) in [7, 11) is 0. The molecule has 4 aliphatic heterocycles. The van der Waals surface area contributed by atoms with Crippen LogP contribution in [-0.4, -0.2) is 60.0 Å². The molecule has 1 saturated carbocycles. The Bertz CT molecular complexity index is 455. The van der Waals surface area contributed by atoms with Crippen LogP contribution in [0.3, 0.4) is 0 Å². The number of hydrogen-bond acceptors (Lipinski definition) is 3. The summed E-state index contributed by atoms with van der Waals surface area (Å²) in [6.45, 7) is 4.54. The molecule has 4 saturated heterocycles. The predicted molar refractivity (Wildman–Crippen MR) is 99.9 cm³/mol. The van der Waals surface area contributed by atoms with Crippen LogP contribution < -0.4 is 5.32 Å². The zero-order valence-corrected chi connectivity index (χ0v) is 16.0. The van der Waals surface area contributed by atoms with E-state index in [1.807, 2.05) is 0 Å². The molecule has 5 atom stereocenters. The minimum absolute atomic E-state index is 0. The summed E-state index contributed by atoms with van der Waals surface area (Å²) in [5.74, 6) is 3.07. The van der Waals surface area contributed by atoms with Crippen molar-refractivity contribution in [3.8, 4) is 0 Å². The fourth-order valence-corrected chi connectivity index (χ4v) is 5.99. The molecule has 1 amide bonds. The summed E-state index contributed by atoms with van der Waals surface area (Å²) in [6, 6.07) is 2.32. The van der Waals surface area contributed by atoms with Crippen molar-refractivity contribution in [3.63, 3.8) is 0 Å². The van der Waals surface area contributed by atoms with Crippen LogP contribution in [0.2, 0.25) is 0 Å². The van der Waals surface area contributed by atoms with Gasteiger partial charge in [0, 0.05) is 37.6 Å². The number of hydrogen-bond donors (Lipinski definition) is 1. The second-order valence-electron chi connectivity index (χ2n) is 8.41. The van der Waals surface area contributed by atoms with Gasteiger partial charge >= 0.3 is 0 Å². The van der Waals surface area contributed by atoms with E-state index < -0.39 is 0 Å². The maximum atomic E-state index is 12.4. The van der Waals surface area contributed by atoms with E-state index in [2.05, 4.69) is 15.1 Å². The largest absolute Gasteiger partial charge is 0.342 e. The van der Waals surface area contributed by atoms with E-state index in [1.54, 1.807) is 0 Å². The van der Waals surface area contributed by atoms with Crippen molar-refractivity contribution in [2.75, 3.05) is 26.2 Å². The Hall–Kier alpha value is -0.0300. The van der Waals surface area contributed by atoms with E-state index >= 15 is 0 Å². The third-order valence-corrected chi connectivity index (χ3v) is 7.20. The molecule has 138 valence electrons. The van der Waals surface area contributed by atoms with Gasteiger partial charge in [-0.1, -0.05) is 0 Å². The molecular weight excluding hydrogens is 345 g/mol. The van der Waals surface area contributed by atoms with Crippen LogP contribution in [-0.2, 0) is 4.79 Å². The molecule has 0 aromatic rings. The number of nitrogens with zero attached hydrogens (tertiary/aromatic N) is 2. The average Bonchev–Trinajstić information content (AvgIpc) is 2.98. The Balaban J connectivity index is 0.000000845. The highest BCUT2D eigenvalue weighted by Gasteiger charge is 2.56. The topological polar surface area (TPSA) is 35.6 Å². The van der Waals surface area contributed by atoms with Gasteiger partial charge in [0.05, 0.1) is 0 Å². The second-order valence-corrected chi connectivity index (χ2v) is 8.41. The highest BCUT2D eigenvalue weighted by molar-refractivity contribution is 5.85. The lowest BCUT2D eigenvalue weighted by Crippen LogP contribution is -2.42. The van der Waals surface area contributed by atoms with E-state index in [9.17, 15) is 4.79 Å². The molecule has 2 bridgehead atoms. The third-order valence-electron chi connectivity index (χ3n) is 7.20. The van der Waals surface area contributed by atoms with Gasteiger partial charge in [0.1, 0.15) is 0 Å². The summed E-state index contributed by atoms with van der Waals surface area (Å²) in [6.07, 6.45) is 8.63. The van der Waals surface area contributed by atoms with Gasteiger partial charge < -0.3 is 10.2 Å². The highest BCUT2D eigenvalue weighted by atomic mass is 35.5. The fourth-order valence-electron chi connectivity index (χ4n) is 5.99. The Labute approximate surface area is 157 Å². The summed E-state index contributed by atoms with van der Waals surface area (Å²) < 4.78 is 0. The smallest absolute Gasteiger partial charge is 0.222 e. The minimum atomic E-state index is 0. The predicted octanol–water partition coefficient (Wildman–Crippen LogP) is 2.30. The van der Waals surface area contributed by atoms with Crippen molar-refractivity contribution in [2.45, 2.75) is 63.1 Å². The summed E-state index contributed by atoms with van der Waals surface area (Å²) >= 11 is 0. The van der Waals surface area contributed by atoms with Gasteiger partial charge in [0.25, 0.3) is 0 Å². The molecule has 1 aliphatic carbocycles. The molecule has 5 fully saturated rings. The van der Waals surface area contributed by atoms with Crippen LogP contribution in [0.25, 0.3) is 0 Å². The molecule has 0 aromatic carbocycles. The van der Waals surface area contributed by atoms with Gasteiger partial charge in [-0.15, -0.1) is 24.8 Å². The van der Waals surface area contributed by atoms with Crippen molar-refractivity contribution >= 4 is 30.7 Å². The first-order valence-corrected chi connectivity index (χ1v) is 9.57. The van der Waals surface area contributed by atoms with Crippen molar-refractivity contribution in [3.05, 3.63) is 0 Å². The molecule has 6 heteroatoms. The molecule has 0 aromatic heterocycles. The lowest BCUT2D eigenvalue weighted by atomic mass is 9.82. The summed E-state index contributed by atoms with van der Waals surface area (Å²) in [5, 5.41) is 3.61. The highest BCUT2D eigenvalue weighted by Crippen LogP contribution is 2.49. The maximum Gasteiger partial charge on any atom is 0.222 e. The molecule has 1 N–H and O–H groups in total. The van der Waals surface area contributed by atoms with Gasteiger partial charge in [-0.3, -0.25) is 9.69 Å². The second kappa shape index (κ2) is 7.30. The maximum absolute atomic E-state index is 12.4. The molecule has 4 nitrogen and oxygen atoms in total. The molecule has 4 heterocycles. The molecule has 24 heavy (non-hydrogen) atoms. The number of likely N-dealkylation sites (tertiary alicyclic amines) is 1. The van der Waals surface area contributed by atoms with Gasteiger partial charge in [-0.05, 0) is 69.4 Å². The molecule has 5 rings (SSSR count). The Morgan fingerprint density at radius 3 is 2.21 bits per heavy atom. The number of amides is 1. The Kier molecular flexibility index (Phi) is 5.70. The molecule has 5 aliphatic rings. The number of halogens is 2. The van der Waals surface area contributed by atoms with Gasteiger partial charge in [-0.2, -0.15) is 0 Å². The number of carbonyl (C=O) groups is 1. The van der Waals surface area contributed by atoms with Crippen molar-refractivity contribution in [2.24, 2.45) is 17.8 Å². The van der Waals surface area contributed by atoms with Crippen molar-refractivity contribution < 1.29 is 4.79 Å². The SMILES string of the molecule is Cl.Cl.O=C1CCC(N2[C@@H]3CC[C@H]2[C@H]2CNC[C@H]23)CCN1CC1CC1. The van der Waals surface area contributed by atoms with Crippen LogP contribution >= 0.6 is 24.8 Å². The first-order valence-electron chi connectivity index (χ1n) is 9.57. The average molecular weight is 376 g/mol. The van der Waals surface area contributed by atoms with Crippen LogP contribution in [0.4, 0.5) is 0 Å². The Morgan fingerprint density at radius 1 is 0.917 bits per heavy atom. The molecular formula is C18H31Cl2N3O.